The summed E-state index contributed by atoms with van der Waals surface area (Å²) in [5.41, 5.74) is 0.743. The minimum atomic E-state index is 0.743. The molecule has 0 fully saturated rings. The first-order valence-electron chi connectivity index (χ1n) is 3.68. The van der Waals surface area contributed by atoms with Crippen LogP contribution in [0, 0.1) is 11.3 Å². The van der Waals surface area contributed by atoms with Crippen LogP contribution in [0.4, 0.5) is 5.69 Å². The zero-order valence-corrected chi connectivity index (χ0v) is 7.19. The molecule has 3 heteroatoms. The number of benzene rings is 1. The fourth-order valence-corrected chi connectivity index (χ4v) is 0.792. The van der Waals surface area contributed by atoms with Crippen LogP contribution in [0.15, 0.2) is 35.3 Å². The van der Waals surface area contributed by atoms with Crippen molar-refractivity contribution in [1.29, 1.82) is 5.26 Å². The van der Waals surface area contributed by atoms with Gasteiger partial charge >= 0.3 is 0 Å². The molecule has 64 valence electrons. The first-order valence-corrected chi connectivity index (χ1v) is 3.68. The Morgan fingerprint density at radius 2 is 2.08 bits per heavy atom. The quantitative estimate of drug-likeness (QED) is 0.506. The topological polar surface area (TPSA) is 45.4 Å². The second-order valence-electron chi connectivity index (χ2n) is 2.21. The summed E-state index contributed by atoms with van der Waals surface area (Å²) < 4.78 is 4.97. The van der Waals surface area contributed by atoms with Crippen LogP contribution in [0.25, 0.3) is 0 Å². The van der Waals surface area contributed by atoms with Crippen molar-refractivity contribution in [1.82, 2.24) is 0 Å². The summed E-state index contributed by atoms with van der Waals surface area (Å²) in [6.45, 7) is 0. The second-order valence-corrected chi connectivity index (χ2v) is 2.21. The van der Waals surface area contributed by atoms with E-state index >= 15 is 0 Å². The minimum absolute atomic E-state index is 0.743. The van der Waals surface area contributed by atoms with Gasteiger partial charge in [-0.05, 0) is 30.1 Å². The smallest absolute Gasteiger partial charge is 0.119 e. The van der Waals surface area contributed by atoms with Gasteiger partial charge in [-0.25, -0.2) is 4.99 Å². The van der Waals surface area contributed by atoms with Crippen LogP contribution < -0.4 is 4.74 Å². The van der Waals surface area contributed by atoms with E-state index in [1.54, 1.807) is 37.4 Å². The lowest BCUT2D eigenvalue weighted by Crippen LogP contribution is -1.79. The Morgan fingerprint density at radius 1 is 1.38 bits per heavy atom. The average molecular weight is 172 g/mol. The van der Waals surface area contributed by atoms with Gasteiger partial charge in [0.25, 0.3) is 0 Å². The van der Waals surface area contributed by atoms with Crippen molar-refractivity contribution in [2.75, 3.05) is 7.11 Å². The molecular formula is C10H8N2O. The van der Waals surface area contributed by atoms with Gasteiger partial charge in [-0.3, -0.25) is 0 Å². The zero-order valence-electron chi connectivity index (χ0n) is 7.19. The van der Waals surface area contributed by atoms with E-state index in [1.807, 2.05) is 0 Å². The van der Waals surface area contributed by atoms with Crippen LogP contribution in [-0.2, 0) is 0 Å². The Hall–Kier alpha value is -2.04. The molecule has 0 radical (unpaired) electrons. The highest BCUT2D eigenvalue weighted by molar-refractivity contribution is 5.61. The first kappa shape index (κ1) is 9.05. The Labute approximate surface area is 76.6 Å². The van der Waals surface area contributed by atoms with E-state index in [1.165, 1.54) is 6.08 Å². The zero-order chi connectivity index (χ0) is 9.52. The second kappa shape index (κ2) is 4.76. The number of rotatable bonds is 2. The van der Waals surface area contributed by atoms with Crippen molar-refractivity contribution < 1.29 is 4.74 Å². The van der Waals surface area contributed by atoms with Crippen molar-refractivity contribution in [3.05, 3.63) is 30.3 Å². The Balaban J connectivity index is 2.82. The molecule has 0 aromatic heterocycles. The van der Waals surface area contributed by atoms with E-state index in [0.717, 1.165) is 11.4 Å². The van der Waals surface area contributed by atoms with Gasteiger partial charge in [0.1, 0.15) is 11.8 Å². The van der Waals surface area contributed by atoms with Crippen molar-refractivity contribution in [2.45, 2.75) is 0 Å². The predicted octanol–water partition coefficient (Wildman–Crippen LogP) is 2.08. The fraction of sp³-hybridized carbons (Fsp3) is 0.100. The number of methoxy groups -OCH3 is 1. The molecule has 0 bridgehead atoms. The average Bonchev–Trinajstić information content (AvgIpc) is 2.19. The highest BCUT2D eigenvalue weighted by Crippen LogP contribution is 2.16. The highest BCUT2D eigenvalue weighted by Gasteiger charge is 1.89. The third kappa shape index (κ3) is 2.82. The maximum atomic E-state index is 8.18. The van der Waals surface area contributed by atoms with E-state index < -0.39 is 0 Å². The molecule has 0 atom stereocenters. The molecule has 3 nitrogen and oxygen atoms in total. The summed E-state index contributed by atoms with van der Waals surface area (Å²) in [5.74, 6) is 3.27. The molecule has 0 aliphatic rings. The highest BCUT2D eigenvalue weighted by atomic mass is 16.5. The van der Waals surface area contributed by atoms with Gasteiger partial charge in [0.05, 0.1) is 18.9 Å². The van der Waals surface area contributed by atoms with Gasteiger partial charge < -0.3 is 4.74 Å². The monoisotopic (exact) mass is 172 g/mol. The van der Waals surface area contributed by atoms with Gasteiger partial charge in [0.15, 0.2) is 0 Å². The number of nitrogens with zero attached hydrogens (tertiary/aromatic N) is 2. The third-order valence-corrected chi connectivity index (χ3v) is 1.40. The summed E-state index contributed by atoms with van der Waals surface area (Å²) in [5, 5.41) is 8.18. The largest absolute Gasteiger partial charge is 0.497 e. The third-order valence-electron chi connectivity index (χ3n) is 1.40. The lowest BCUT2D eigenvalue weighted by Gasteiger charge is -1.97. The molecule has 0 aliphatic heterocycles. The maximum absolute atomic E-state index is 8.18. The molecule has 0 amide bonds. The Kier molecular flexibility index (Phi) is 3.31. The lowest BCUT2D eigenvalue weighted by molar-refractivity contribution is 0.415. The van der Waals surface area contributed by atoms with Crippen LogP contribution in [0.1, 0.15) is 0 Å². The van der Waals surface area contributed by atoms with Crippen LogP contribution in [-0.4, -0.2) is 13.0 Å². The lowest BCUT2D eigenvalue weighted by atomic mass is 10.3. The molecule has 0 saturated carbocycles. The summed E-state index contributed by atoms with van der Waals surface area (Å²) in [6.07, 6.45) is 1.20. The van der Waals surface area contributed by atoms with Crippen LogP contribution in [0.5, 0.6) is 5.75 Å². The molecule has 1 aromatic carbocycles. The molecule has 0 N–H and O–H groups in total. The summed E-state index contributed by atoms with van der Waals surface area (Å²) >= 11 is 0. The molecule has 1 rings (SSSR count). The number of allylic oxidation sites excluding steroid dienone is 1. The number of hydrogen-bond donors (Lipinski definition) is 0. The van der Waals surface area contributed by atoms with Crippen molar-refractivity contribution in [3.8, 4) is 11.8 Å². The number of hydrogen-bond acceptors (Lipinski definition) is 3. The molecule has 0 saturated heterocycles. The predicted molar refractivity (Wildman–Crippen MR) is 50.3 cm³/mol. The van der Waals surface area contributed by atoms with Gasteiger partial charge in [-0.15, -0.1) is 0 Å². The molecule has 1 aromatic rings. The van der Waals surface area contributed by atoms with Gasteiger partial charge in [-0.1, -0.05) is 0 Å². The van der Waals surface area contributed by atoms with E-state index in [-0.39, 0.29) is 0 Å². The number of ether oxygens (including phenoxy) is 1. The van der Waals surface area contributed by atoms with Gasteiger partial charge in [0, 0.05) is 0 Å². The Bertz CT molecular complexity index is 367. The maximum Gasteiger partial charge on any atom is 0.119 e. The standard InChI is InChI=1S/C10H8N2O/c1-13-10-5-3-9(4-6-10)12-8-2-7-11/h2-6H,1H3. The molecule has 0 unspecified atom stereocenters. The Morgan fingerprint density at radius 3 is 2.62 bits per heavy atom. The van der Waals surface area contributed by atoms with E-state index in [4.69, 9.17) is 10.00 Å². The van der Waals surface area contributed by atoms with E-state index in [9.17, 15) is 0 Å². The fourth-order valence-electron chi connectivity index (χ4n) is 0.792. The number of aliphatic imine (C=N–C) groups is 1. The minimum Gasteiger partial charge on any atom is -0.497 e. The SMILES string of the molecule is COc1ccc(N=C=CC#N)cc1. The molecule has 0 spiro atoms. The normalized spacial score (nSPS) is 8.00. The number of nitriles is 1. The van der Waals surface area contributed by atoms with E-state index in [0.29, 0.717) is 0 Å². The van der Waals surface area contributed by atoms with Crippen LogP contribution >= 0.6 is 0 Å². The van der Waals surface area contributed by atoms with Crippen LogP contribution in [0.3, 0.4) is 0 Å². The molecule has 0 heterocycles. The summed E-state index contributed by atoms with van der Waals surface area (Å²) in [7, 11) is 1.61. The van der Waals surface area contributed by atoms with E-state index in [2.05, 4.69) is 10.9 Å². The first-order chi connectivity index (χ1) is 6.36. The molecule has 13 heavy (non-hydrogen) atoms. The molecule has 0 aliphatic carbocycles. The van der Waals surface area contributed by atoms with Crippen molar-refractivity contribution >= 4 is 11.6 Å². The van der Waals surface area contributed by atoms with Crippen LogP contribution in [0.2, 0.25) is 0 Å². The van der Waals surface area contributed by atoms with Crippen molar-refractivity contribution in [3.63, 3.8) is 0 Å². The van der Waals surface area contributed by atoms with Gasteiger partial charge in [-0.2, -0.15) is 5.26 Å². The summed E-state index contributed by atoms with van der Waals surface area (Å²) in [6, 6.07) is 8.98. The summed E-state index contributed by atoms with van der Waals surface area (Å²) in [4.78, 5) is 3.89. The van der Waals surface area contributed by atoms with Crippen molar-refractivity contribution in [2.24, 2.45) is 4.99 Å². The van der Waals surface area contributed by atoms with Gasteiger partial charge in [0.2, 0.25) is 0 Å². The molecular weight excluding hydrogens is 164 g/mol.